The Kier molecular flexibility index (Phi) is 4.93. The van der Waals surface area contributed by atoms with Crippen molar-refractivity contribution in [3.63, 3.8) is 0 Å². The molecular formula is C14H10Br2F2O. The number of alkyl halides is 1. The molecule has 0 radical (unpaired) electrons. The van der Waals surface area contributed by atoms with E-state index in [2.05, 4.69) is 31.9 Å². The predicted molar refractivity (Wildman–Crippen MR) is 77.5 cm³/mol. The zero-order chi connectivity index (χ0) is 13.8. The number of rotatable bonds is 4. The lowest BCUT2D eigenvalue weighted by atomic mass is 10.2. The molecule has 0 fully saturated rings. The Hall–Kier alpha value is -0.940. The van der Waals surface area contributed by atoms with Crippen LogP contribution in [0.1, 0.15) is 11.1 Å². The maximum absolute atomic E-state index is 13.7. The summed E-state index contributed by atoms with van der Waals surface area (Å²) in [6, 6.07) is 9.40. The van der Waals surface area contributed by atoms with Crippen LogP contribution >= 0.6 is 31.9 Å². The summed E-state index contributed by atoms with van der Waals surface area (Å²) in [6.07, 6.45) is 0. The van der Waals surface area contributed by atoms with Gasteiger partial charge in [0.05, 0.1) is 4.47 Å². The first-order valence-electron chi connectivity index (χ1n) is 5.52. The van der Waals surface area contributed by atoms with E-state index >= 15 is 0 Å². The highest BCUT2D eigenvalue weighted by atomic mass is 79.9. The van der Waals surface area contributed by atoms with E-state index in [-0.39, 0.29) is 18.2 Å². The van der Waals surface area contributed by atoms with E-state index < -0.39 is 5.82 Å². The SMILES string of the molecule is Fc1cc(CBr)ccc1OCc1cccc(F)c1Br. The molecule has 0 saturated carbocycles. The highest BCUT2D eigenvalue weighted by molar-refractivity contribution is 9.10. The van der Waals surface area contributed by atoms with Crippen LogP contribution in [0.5, 0.6) is 5.75 Å². The van der Waals surface area contributed by atoms with E-state index in [4.69, 9.17) is 4.74 Å². The first-order valence-corrected chi connectivity index (χ1v) is 7.43. The second kappa shape index (κ2) is 6.48. The molecule has 0 N–H and O–H groups in total. The molecule has 0 heterocycles. The molecular weight excluding hydrogens is 382 g/mol. The van der Waals surface area contributed by atoms with Gasteiger partial charge in [-0.15, -0.1) is 0 Å². The van der Waals surface area contributed by atoms with Crippen LogP contribution in [0.15, 0.2) is 40.9 Å². The standard InChI is InChI=1S/C14H10Br2F2O/c15-7-9-4-5-13(12(18)6-9)19-8-10-2-1-3-11(17)14(10)16/h1-6H,7-8H2. The van der Waals surface area contributed by atoms with Crippen LogP contribution in [0.4, 0.5) is 8.78 Å². The van der Waals surface area contributed by atoms with Gasteiger partial charge < -0.3 is 4.74 Å². The molecule has 0 aliphatic carbocycles. The van der Waals surface area contributed by atoms with Crippen molar-refractivity contribution >= 4 is 31.9 Å². The molecule has 0 aliphatic heterocycles. The first kappa shape index (κ1) is 14.5. The van der Waals surface area contributed by atoms with Crippen LogP contribution in [0.3, 0.4) is 0 Å². The van der Waals surface area contributed by atoms with Gasteiger partial charge in [-0.25, -0.2) is 8.78 Å². The van der Waals surface area contributed by atoms with Gasteiger partial charge in [0.2, 0.25) is 0 Å². The molecule has 0 aliphatic rings. The Balaban J connectivity index is 2.12. The Morgan fingerprint density at radius 2 is 1.84 bits per heavy atom. The van der Waals surface area contributed by atoms with E-state index in [9.17, 15) is 8.78 Å². The van der Waals surface area contributed by atoms with E-state index in [0.717, 1.165) is 5.56 Å². The number of hydrogen-bond donors (Lipinski definition) is 0. The van der Waals surface area contributed by atoms with Crippen LogP contribution in [-0.2, 0) is 11.9 Å². The largest absolute Gasteiger partial charge is 0.486 e. The van der Waals surface area contributed by atoms with Crippen LogP contribution in [0.25, 0.3) is 0 Å². The molecule has 2 rings (SSSR count). The average Bonchev–Trinajstić information content (AvgIpc) is 2.41. The summed E-state index contributed by atoms with van der Waals surface area (Å²) in [4.78, 5) is 0. The van der Waals surface area contributed by atoms with Crippen molar-refractivity contribution in [2.24, 2.45) is 0 Å². The van der Waals surface area contributed by atoms with Gasteiger partial charge in [-0.05, 0) is 39.7 Å². The van der Waals surface area contributed by atoms with Crippen molar-refractivity contribution in [1.82, 2.24) is 0 Å². The summed E-state index contributed by atoms with van der Waals surface area (Å²) in [5.74, 6) is -0.637. The Bertz CT molecular complexity index is 588. The van der Waals surface area contributed by atoms with Gasteiger partial charge in [0, 0.05) is 10.9 Å². The van der Waals surface area contributed by atoms with E-state index in [1.54, 1.807) is 24.3 Å². The minimum atomic E-state index is -0.426. The van der Waals surface area contributed by atoms with Crippen molar-refractivity contribution in [2.45, 2.75) is 11.9 Å². The molecule has 5 heteroatoms. The van der Waals surface area contributed by atoms with Crippen molar-refractivity contribution in [2.75, 3.05) is 0 Å². The third-order valence-electron chi connectivity index (χ3n) is 2.57. The van der Waals surface area contributed by atoms with E-state index in [0.29, 0.717) is 15.4 Å². The number of hydrogen-bond acceptors (Lipinski definition) is 1. The van der Waals surface area contributed by atoms with Crippen molar-refractivity contribution in [1.29, 1.82) is 0 Å². The highest BCUT2D eigenvalue weighted by Crippen LogP contribution is 2.24. The zero-order valence-electron chi connectivity index (χ0n) is 9.80. The monoisotopic (exact) mass is 390 g/mol. The topological polar surface area (TPSA) is 9.23 Å². The van der Waals surface area contributed by atoms with Crippen LogP contribution < -0.4 is 4.74 Å². The maximum Gasteiger partial charge on any atom is 0.165 e. The van der Waals surface area contributed by atoms with Crippen molar-refractivity contribution < 1.29 is 13.5 Å². The second-order valence-corrected chi connectivity index (χ2v) is 5.25. The van der Waals surface area contributed by atoms with Crippen LogP contribution in [0.2, 0.25) is 0 Å². The quantitative estimate of drug-likeness (QED) is 0.650. The summed E-state index contributed by atoms with van der Waals surface area (Å²) in [7, 11) is 0. The van der Waals surface area contributed by atoms with Gasteiger partial charge in [-0.3, -0.25) is 0 Å². The molecule has 1 nitrogen and oxygen atoms in total. The summed E-state index contributed by atoms with van der Waals surface area (Å²) < 4.78 is 32.7. The van der Waals surface area contributed by atoms with E-state index in [1.807, 2.05) is 0 Å². The Morgan fingerprint density at radius 3 is 2.53 bits per heavy atom. The number of ether oxygens (including phenoxy) is 1. The average molecular weight is 392 g/mol. The lowest BCUT2D eigenvalue weighted by Gasteiger charge is -2.09. The zero-order valence-corrected chi connectivity index (χ0v) is 13.0. The van der Waals surface area contributed by atoms with E-state index in [1.165, 1.54) is 12.1 Å². The molecule has 0 bridgehead atoms. The summed E-state index contributed by atoms with van der Waals surface area (Å²) >= 11 is 6.39. The van der Waals surface area contributed by atoms with Crippen molar-refractivity contribution in [3.8, 4) is 5.75 Å². The molecule has 0 atom stereocenters. The molecule has 2 aromatic carbocycles. The van der Waals surface area contributed by atoms with Gasteiger partial charge in [0.1, 0.15) is 12.4 Å². The van der Waals surface area contributed by atoms with Crippen LogP contribution in [-0.4, -0.2) is 0 Å². The Morgan fingerprint density at radius 1 is 1.05 bits per heavy atom. The minimum Gasteiger partial charge on any atom is -0.486 e. The molecule has 2 aromatic rings. The maximum atomic E-state index is 13.7. The summed E-state index contributed by atoms with van der Waals surface area (Å²) in [5.41, 5.74) is 1.46. The molecule has 0 amide bonds. The van der Waals surface area contributed by atoms with Gasteiger partial charge in [0.25, 0.3) is 0 Å². The smallest absolute Gasteiger partial charge is 0.165 e. The normalized spacial score (nSPS) is 10.5. The first-order chi connectivity index (χ1) is 9.11. The van der Waals surface area contributed by atoms with Gasteiger partial charge in [-0.1, -0.05) is 34.1 Å². The predicted octanol–water partition coefficient (Wildman–Crippen LogP) is 5.20. The molecule has 19 heavy (non-hydrogen) atoms. The molecule has 0 spiro atoms. The lowest BCUT2D eigenvalue weighted by molar-refractivity contribution is 0.289. The fourth-order valence-corrected chi connectivity index (χ4v) is 2.29. The Labute approximate surface area is 126 Å². The van der Waals surface area contributed by atoms with Gasteiger partial charge in [-0.2, -0.15) is 0 Å². The lowest BCUT2D eigenvalue weighted by Crippen LogP contribution is -1.99. The fourth-order valence-electron chi connectivity index (χ4n) is 1.56. The molecule has 0 saturated heterocycles. The molecule has 0 aromatic heterocycles. The molecule has 0 unspecified atom stereocenters. The number of halogens is 4. The second-order valence-electron chi connectivity index (χ2n) is 3.90. The highest BCUT2D eigenvalue weighted by Gasteiger charge is 2.08. The van der Waals surface area contributed by atoms with Gasteiger partial charge >= 0.3 is 0 Å². The third-order valence-corrected chi connectivity index (χ3v) is 4.10. The minimum absolute atomic E-state index is 0.100. The van der Waals surface area contributed by atoms with Crippen LogP contribution in [0, 0.1) is 11.6 Å². The van der Waals surface area contributed by atoms with Gasteiger partial charge in [0.15, 0.2) is 11.6 Å². The summed E-state index contributed by atoms with van der Waals surface area (Å²) in [6.45, 7) is 0.100. The number of benzene rings is 2. The third kappa shape index (κ3) is 3.54. The molecule has 100 valence electrons. The fraction of sp³-hybridized carbons (Fsp3) is 0.143. The van der Waals surface area contributed by atoms with Crippen molar-refractivity contribution in [3.05, 3.63) is 63.6 Å². The summed E-state index contributed by atoms with van der Waals surface area (Å²) in [5, 5.41) is 0.583.